The highest BCUT2D eigenvalue weighted by Gasteiger charge is 2.47. The molecule has 0 aromatic rings. The SMILES string of the molecule is CC1(C)C(O)CC1NC(=O)CSC1CCNCC1. The third-order valence-corrected chi connectivity index (χ3v) is 5.66. The van der Waals surface area contributed by atoms with E-state index in [0.29, 0.717) is 17.4 Å². The van der Waals surface area contributed by atoms with E-state index in [2.05, 4.69) is 10.6 Å². The molecule has 104 valence electrons. The molecule has 2 fully saturated rings. The van der Waals surface area contributed by atoms with Gasteiger partial charge in [0.2, 0.25) is 5.91 Å². The van der Waals surface area contributed by atoms with Crippen LogP contribution in [0.15, 0.2) is 0 Å². The third-order valence-electron chi connectivity index (χ3n) is 4.29. The van der Waals surface area contributed by atoms with E-state index in [1.807, 2.05) is 13.8 Å². The molecule has 0 spiro atoms. The summed E-state index contributed by atoms with van der Waals surface area (Å²) in [4.78, 5) is 11.9. The van der Waals surface area contributed by atoms with Gasteiger partial charge in [-0.2, -0.15) is 0 Å². The Kier molecular flexibility index (Phi) is 4.56. The first-order valence-electron chi connectivity index (χ1n) is 6.80. The fourth-order valence-corrected chi connectivity index (χ4v) is 3.58. The average molecular weight is 272 g/mol. The van der Waals surface area contributed by atoms with Crippen LogP contribution < -0.4 is 10.6 Å². The first-order chi connectivity index (χ1) is 8.50. The summed E-state index contributed by atoms with van der Waals surface area (Å²) in [5.41, 5.74) is -0.172. The van der Waals surface area contributed by atoms with Crippen LogP contribution in [0.1, 0.15) is 33.1 Å². The summed E-state index contributed by atoms with van der Waals surface area (Å²) >= 11 is 1.77. The second kappa shape index (κ2) is 5.80. The number of thioether (sulfide) groups is 1. The van der Waals surface area contributed by atoms with E-state index in [0.717, 1.165) is 25.9 Å². The number of hydrogen-bond acceptors (Lipinski definition) is 4. The van der Waals surface area contributed by atoms with Crippen LogP contribution in [0.25, 0.3) is 0 Å². The Morgan fingerprint density at radius 1 is 1.44 bits per heavy atom. The molecule has 0 aromatic heterocycles. The molecule has 0 radical (unpaired) electrons. The van der Waals surface area contributed by atoms with E-state index < -0.39 is 0 Å². The largest absolute Gasteiger partial charge is 0.392 e. The molecule has 2 unspecified atom stereocenters. The molecule has 1 saturated heterocycles. The standard InChI is InChI=1S/C13H24N2O2S/c1-13(2)10(7-11(13)16)15-12(17)8-18-9-3-5-14-6-4-9/h9-11,14,16H,3-8H2,1-2H3,(H,15,17). The van der Waals surface area contributed by atoms with Crippen LogP contribution in [0.2, 0.25) is 0 Å². The number of aliphatic hydroxyl groups excluding tert-OH is 1. The van der Waals surface area contributed by atoms with E-state index >= 15 is 0 Å². The first kappa shape index (κ1) is 14.2. The molecule has 18 heavy (non-hydrogen) atoms. The Balaban J connectivity index is 1.66. The topological polar surface area (TPSA) is 61.4 Å². The van der Waals surface area contributed by atoms with Crippen LogP contribution >= 0.6 is 11.8 Å². The molecule has 1 heterocycles. The molecule has 1 saturated carbocycles. The second-order valence-electron chi connectivity index (χ2n) is 5.95. The van der Waals surface area contributed by atoms with Crippen molar-refractivity contribution in [1.82, 2.24) is 10.6 Å². The normalized spacial score (nSPS) is 31.7. The highest BCUT2D eigenvalue weighted by Crippen LogP contribution is 2.40. The van der Waals surface area contributed by atoms with Crippen LogP contribution in [-0.4, -0.2) is 47.3 Å². The van der Waals surface area contributed by atoms with Gasteiger partial charge in [-0.1, -0.05) is 13.8 Å². The molecule has 1 aliphatic heterocycles. The smallest absolute Gasteiger partial charge is 0.230 e. The molecule has 2 aliphatic rings. The highest BCUT2D eigenvalue weighted by atomic mass is 32.2. The van der Waals surface area contributed by atoms with Gasteiger partial charge in [0.15, 0.2) is 0 Å². The summed E-state index contributed by atoms with van der Waals surface area (Å²) in [6, 6.07) is 0.133. The lowest BCUT2D eigenvalue weighted by Crippen LogP contribution is -2.61. The van der Waals surface area contributed by atoms with E-state index in [1.165, 1.54) is 0 Å². The Morgan fingerprint density at radius 2 is 2.11 bits per heavy atom. The van der Waals surface area contributed by atoms with Crippen LogP contribution in [0, 0.1) is 5.41 Å². The molecule has 2 atom stereocenters. The molecule has 5 heteroatoms. The molecular formula is C13H24N2O2S. The van der Waals surface area contributed by atoms with Crippen LogP contribution in [-0.2, 0) is 4.79 Å². The number of aliphatic hydroxyl groups is 1. The van der Waals surface area contributed by atoms with Crippen LogP contribution in [0.5, 0.6) is 0 Å². The Morgan fingerprint density at radius 3 is 2.67 bits per heavy atom. The average Bonchev–Trinajstić information content (AvgIpc) is 2.37. The fraction of sp³-hybridized carbons (Fsp3) is 0.923. The zero-order chi connectivity index (χ0) is 13.2. The van der Waals surface area contributed by atoms with E-state index in [-0.39, 0.29) is 23.5 Å². The van der Waals surface area contributed by atoms with Gasteiger partial charge >= 0.3 is 0 Å². The van der Waals surface area contributed by atoms with Gasteiger partial charge in [0.25, 0.3) is 0 Å². The van der Waals surface area contributed by atoms with Crippen molar-refractivity contribution >= 4 is 17.7 Å². The zero-order valence-electron chi connectivity index (χ0n) is 11.2. The van der Waals surface area contributed by atoms with E-state index in [1.54, 1.807) is 11.8 Å². The van der Waals surface area contributed by atoms with Crippen molar-refractivity contribution in [2.45, 2.75) is 50.5 Å². The maximum atomic E-state index is 11.9. The lowest BCUT2D eigenvalue weighted by molar-refractivity contribution is -0.126. The number of amides is 1. The number of nitrogens with one attached hydrogen (secondary N) is 2. The minimum Gasteiger partial charge on any atom is -0.392 e. The van der Waals surface area contributed by atoms with Gasteiger partial charge in [-0.05, 0) is 32.4 Å². The number of hydrogen-bond donors (Lipinski definition) is 3. The van der Waals surface area contributed by atoms with Gasteiger partial charge in [-0.15, -0.1) is 11.8 Å². The maximum Gasteiger partial charge on any atom is 0.230 e. The monoisotopic (exact) mass is 272 g/mol. The predicted octanol–water partition coefficient (Wildman–Crippen LogP) is 0.747. The summed E-state index contributed by atoms with van der Waals surface area (Å²) in [7, 11) is 0. The summed E-state index contributed by atoms with van der Waals surface area (Å²) in [6.45, 7) is 6.15. The molecule has 2 rings (SSSR count). The second-order valence-corrected chi connectivity index (χ2v) is 7.24. The summed E-state index contributed by atoms with van der Waals surface area (Å²) < 4.78 is 0. The number of carbonyl (C=O) groups is 1. The van der Waals surface area contributed by atoms with Crippen molar-refractivity contribution in [2.75, 3.05) is 18.8 Å². The molecule has 1 aliphatic carbocycles. The summed E-state index contributed by atoms with van der Waals surface area (Å²) in [5, 5.41) is 16.6. The quantitative estimate of drug-likeness (QED) is 0.707. The molecule has 4 nitrogen and oxygen atoms in total. The van der Waals surface area contributed by atoms with Crippen LogP contribution in [0.3, 0.4) is 0 Å². The van der Waals surface area contributed by atoms with Gasteiger partial charge in [-0.25, -0.2) is 0 Å². The Labute approximate surface area is 113 Å². The Hall–Kier alpha value is -0.260. The lowest BCUT2D eigenvalue weighted by atomic mass is 9.64. The van der Waals surface area contributed by atoms with Crippen molar-refractivity contribution in [3.8, 4) is 0 Å². The van der Waals surface area contributed by atoms with Crippen molar-refractivity contribution in [3.63, 3.8) is 0 Å². The van der Waals surface area contributed by atoms with Gasteiger partial charge in [0.05, 0.1) is 11.9 Å². The van der Waals surface area contributed by atoms with Crippen LogP contribution in [0.4, 0.5) is 0 Å². The lowest BCUT2D eigenvalue weighted by Gasteiger charge is -2.49. The fourth-order valence-electron chi connectivity index (χ4n) is 2.54. The minimum absolute atomic E-state index is 0.114. The summed E-state index contributed by atoms with van der Waals surface area (Å²) in [6.07, 6.45) is 2.73. The summed E-state index contributed by atoms with van der Waals surface area (Å²) in [5.74, 6) is 0.663. The highest BCUT2D eigenvalue weighted by molar-refractivity contribution is 8.00. The van der Waals surface area contributed by atoms with Gasteiger partial charge < -0.3 is 15.7 Å². The van der Waals surface area contributed by atoms with Crippen molar-refractivity contribution < 1.29 is 9.90 Å². The number of rotatable bonds is 4. The van der Waals surface area contributed by atoms with Gasteiger partial charge in [0, 0.05) is 16.7 Å². The zero-order valence-corrected chi connectivity index (χ0v) is 12.1. The van der Waals surface area contributed by atoms with Gasteiger partial charge in [0.1, 0.15) is 0 Å². The molecule has 0 bridgehead atoms. The molecule has 1 amide bonds. The number of piperidine rings is 1. The van der Waals surface area contributed by atoms with Gasteiger partial charge in [-0.3, -0.25) is 4.79 Å². The maximum absolute atomic E-state index is 11.9. The van der Waals surface area contributed by atoms with Crippen molar-refractivity contribution in [3.05, 3.63) is 0 Å². The van der Waals surface area contributed by atoms with Crippen molar-refractivity contribution in [2.24, 2.45) is 5.41 Å². The minimum atomic E-state index is -0.278. The number of carbonyl (C=O) groups excluding carboxylic acids is 1. The molecule has 0 aromatic carbocycles. The van der Waals surface area contributed by atoms with Crippen molar-refractivity contribution in [1.29, 1.82) is 0 Å². The van der Waals surface area contributed by atoms with E-state index in [4.69, 9.17) is 0 Å². The Bertz CT molecular complexity index is 303. The third kappa shape index (κ3) is 3.19. The predicted molar refractivity (Wildman–Crippen MR) is 74.7 cm³/mol. The molecular weight excluding hydrogens is 248 g/mol. The van der Waals surface area contributed by atoms with E-state index in [9.17, 15) is 9.90 Å². The molecule has 3 N–H and O–H groups in total. The first-order valence-corrected chi connectivity index (χ1v) is 7.85.